The van der Waals surface area contributed by atoms with Gasteiger partial charge < -0.3 is 0 Å². The summed E-state index contributed by atoms with van der Waals surface area (Å²) in [7, 11) is 0. The molecule has 0 spiro atoms. The minimum atomic E-state index is -0.0431. The Kier molecular flexibility index (Phi) is 3.10. The minimum absolute atomic E-state index is 0.0431. The van der Waals surface area contributed by atoms with Gasteiger partial charge in [-0.1, -0.05) is 11.3 Å². The Balaban J connectivity index is 2.32. The van der Waals surface area contributed by atoms with Crippen LogP contribution in [0.25, 0.3) is 0 Å². The molecule has 0 radical (unpaired) electrons. The van der Waals surface area contributed by atoms with Crippen LogP contribution in [0.2, 0.25) is 0 Å². The highest BCUT2D eigenvalue weighted by molar-refractivity contribution is 14.1. The van der Waals surface area contributed by atoms with Crippen LogP contribution >= 0.6 is 33.9 Å². The topological polar surface area (TPSA) is 60.7 Å². The molecule has 2 heterocycles. The number of aryl methyl sites for hydroxylation is 1. The van der Waals surface area contributed by atoms with Crippen LogP contribution in [0.3, 0.4) is 0 Å². The van der Waals surface area contributed by atoms with Gasteiger partial charge in [0.25, 0.3) is 5.56 Å². The van der Waals surface area contributed by atoms with Crippen LogP contribution < -0.4 is 5.56 Å². The molecule has 7 heteroatoms. The third-order valence-electron chi connectivity index (χ3n) is 1.73. The summed E-state index contributed by atoms with van der Waals surface area (Å²) in [6.45, 7) is 2.32. The van der Waals surface area contributed by atoms with Gasteiger partial charge in [0.1, 0.15) is 10.0 Å². The molecule has 0 fully saturated rings. The SMILES string of the molecule is Cc1nnc(Cn2cncc(I)c2=O)s1. The summed E-state index contributed by atoms with van der Waals surface area (Å²) in [5, 5.41) is 9.57. The molecule has 15 heavy (non-hydrogen) atoms. The molecule has 0 aliphatic rings. The number of hydrogen-bond acceptors (Lipinski definition) is 5. The molecule has 0 saturated heterocycles. The van der Waals surface area contributed by atoms with Crippen LogP contribution in [-0.2, 0) is 6.54 Å². The minimum Gasteiger partial charge on any atom is -0.291 e. The van der Waals surface area contributed by atoms with Gasteiger partial charge >= 0.3 is 0 Å². The summed E-state index contributed by atoms with van der Waals surface area (Å²) >= 11 is 3.45. The first-order chi connectivity index (χ1) is 7.16. The average molecular weight is 334 g/mol. The van der Waals surface area contributed by atoms with E-state index < -0.39 is 0 Å². The summed E-state index contributed by atoms with van der Waals surface area (Å²) in [5.41, 5.74) is -0.0431. The summed E-state index contributed by atoms with van der Waals surface area (Å²) in [6.07, 6.45) is 3.06. The lowest BCUT2D eigenvalue weighted by molar-refractivity contribution is 0.717. The first kappa shape index (κ1) is 10.7. The highest BCUT2D eigenvalue weighted by Gasteiger charge is 2.05. The molecule has 0 unspecified atom stereocenters. The van der Waals surface area contributed by atoms with Crippen molar-refractivity contribution >= 4 is 33.9 Å². The van der Waals surface area contributed by atoms with E-state index in [1.54, 1.807) is 6.20 Å². The molecular weight excluding hydrogens is 327 g/mol. The number of halogens is 1. The molecule has 0 aliphatic carbocycles. The van der Waals surface area contributed by atoms with E-state index in [2.05, 4.69) is 15.2 Å². The third kappa shape index (κ3) is 2.40. The van der Waals surface area contributed by atoms with Gasteiger partial charge in [-0.2, -0.15) is 0 Å². The van der Waals surface area contributed by atoms with Crippen molar-refractivity contribution in [2.75, 3.05) is 0 Å². The molecule has 78 valence electrons. The zero-order valence-electron chi connectivity index (χ0n) is 7.85. The second kappa shape index (κ2) is 4.35. The third-order valence-corrected chi connectivity index (χ3v) is 3.30. The molecule has 0 atom stereocenters. The number of nitrogens with zero attached hydrogens (tertiary/aromatic N) is 4. The lowest BCUT2D eigenvalue weighted by atomic mass is 10.6. The Hall–Kier alpha value is -0.830. The fourth-order valence-corrected chi connectivity index (χ4v) is 2.26. The van der Waals surface area contributed by atoms with Gasteiger partial charge in [-0.25, -0.2) is 4.98 Å². The van der Waals surface area contributed by atoms with E-state index >= 15 is 0 Å². The Labute approximate surface area is 103 Å². The molecule has 2 rings (SSSR count). The molecule has 5 nitrogen and oxygen atoms in total. The van der Waals surface area contributed by atoms with Gasteiger partial charge in [-0.05, 0) is 29.5 Å². The normalized spacial score (nSPS) is 10.5. The number of rotatable bonds is 2. The molecular formula is C8H7IN4OS. The first-order valence-electron chi connectivity index (χ1n) is 4.16. The Morgan fingerprint density at radius 1 is 1.53 bits per heavy atom. The fraction of sp³-hybridized carbons (Fsp3) is 0.250. The number of aromatic nitrogens is 4. The number of hydrogen-bond donors (Lipinski definition) is 0. The fourth-order valence-electron chi connectivity index (χ4n) is 1.08. The lowest BCUT2D eigenvalue weighted by Gasteiger charge is -2.00. The second-order valence-electron chi connectivity index (χ2n) is 2.89. The lowest BCUT2D eigenvalue weighted by Crippen LogP contribution is -2.22. The quantitative estimate of drug-likeness (QED) is 0.771. The largest absolute Gasteiger partial charge is 0.291 e. The van der Waals surface area contributed by atoms with Crippen molar-refractivity contribution in [3.8, 4) is 0 Å². The van der Waals surface area contributed by atoms with Crippen molar-refractivity contribution < 1.29 is 0 Å². The molecule has 2 aromatic rings. The van der Waals surface area contributed by atoms with Gasteiger partial charge in [-0.3, -0.25) is 9.36 Å². The summed E-state index contributed by atoms with van der Waals surface area (Å²) in [6, 6.07) is 0. The van der Waals surface area contributed by atoms with E-state index in [0.29, 0.717) is 10.1 Å². The van der Waals surface area contributed by atoms with E-state index in [4.69, 9.17) is 0 Å². The summed E-state index contributed by atoms with van der Waals surface area (Å²) in [4.78, 5) is 15.6. The standard InChI is InChI=1S/C8H7IN4OS/c1-5-11-12-7(15-5)3-13-4-10-2-6(9)8(13)14/h2,4H,3H2,1H3. The Bertz CT molecular complexity index is 535. The van der Waals surface area contributed by atoms with E-state index in [-0.39, 0.29) is 5.56 Å². The second-order valence-corrected chi connectivity index (χ2v) is 5.32. The molecule has 0 saturated carbocycles. The van der Waals surface area contributed by atoms with Crippen molar-refractivity contribution in [2.24, 2.45) is 0 Å². The van der Waals surface area contributed by atoms with Crippen LogP contribution in [0, 0.1) is 10.5 Å². The zero-order chi connectivity index (χ0) is 10.8. The van der Waals surface area contributed by atoms with Gasteiger partial charge in [0.2, 0.25) is 0 Å². The van der Waals surface area contributed by atoms with Gasteiger partial charge in [0.15, 0.2) is 0 Å². The van der Waals surface area contributed by atoms with E-state index in [1.165, 1.54) is 22.2 Å². The van der Waals surface area contributed by atoms with Gasteiger partial charge in [0, 0.05) is 6.20 Å². The van der Waals surface area contributed by atoms with E-state index in [0.717, 1.165) is 10.0 Å². The van der Waals surface area contributed by atoms with Gasteiger partial charge in [0.05, 0.1) is 16.4 Å². The van der Waals surface area contributed by atoms with Crippen LogP contribution in [-0.4, -0.2) is 19.7 Å². The molecule has 0 aromatic carbocycles. The van der Waals surface area contributed by atoms with E-state index in [9.17, 15) is 4.79 Å². The smallest absolute Gasteiger partial charge is 0.267 e. The highest BCUT2D eigenvalue weighted by atomic mass is 127. The molecule has 2 aromatic heterocycles. The Morgan fingerprint density at radius 2 is 2.33 bits per heavy atom. The molecule has 0 amide bonds. The summed E-state index contributed by atoms with van der Waals surface area (Å²) < 4.78 is 2.14. The summed E-state index contributed by atoms with van der Waals surface area (Å²) in [5.74, 6) is 0. The predicted octanol–water partition coefficient (Wildman–Crippen LogP) is 1.06. The van der Waals surface area contributed by atoms with Gasteiger partial charge in [-0.15, -0.1) is 10.2 Å². The predicted molar refractivity (Wildman–Crippen MR) is 65.0 cm³/mol. The van der Waals surface area contributed by atoms with Crippen molar-refractivity contribution in [2.45, 2.75) is 13.5 Å². The van der Waals surface area contributed by atoms with Crippen molar-refractivity contribution in [1.29, 1.82) is 0 Å². The zero-order valence-corrected chi connectivity index (χ0v) is 10.8. The maximum Gasteiger partial charge on any atom is 0.267 e. The van der Waals surface area contributed by atoms with Crippen LogP contribution in [0.5, 0.6) is 0 Å². The molecule has 0 bridgehead atoms. The Morgan fingerprint density at radius 3 is 3.00 bits per heavy atom. The van der Waals surface area contributed by atoms with Crippen LogP contribution in [0.15, 0.2) is 17.3 Å². The molecule has 0 aliphatic heterocycles. The van der Waals surface area contributed by atoms with Crippen LogP contribution in [0.4, 0.5) is 0 Å². The van der Waals surface area contributed by atoms with Crippen LogP contribution in [0.1, 0.15) is 10.0 Å². The van der Waals surface area contributed by atoms with Crippen molar-refractivity contribution in [3.63, 3.8) is 0 Å². The molecule has 0 N–H and O–H groups in total. The first-order valence-corrected chi connectivity index (χ1v) is 6.05. The highest BCUT2D eigenvalue weighted by Crippen LogP contribution is 2.08. The monoisotopic (exact) mass is 334 g/mol. The maximum atomic E-state index is 11.7. The van der Waals surface area contributed by atoms with Crippen molar-refractivity contribution in [1.82, 2.24) is 19.7 Å². The van der Waals surface area contributed by atoms with Crippen molar-refractivity contribution in [3.05, 3.63) is 36.5 Å². The van der Waals surface area contributed by atoms with E-state index in [1.807, 2.05) is 29.5 Å². The average Bonchev–Trinajstić information content (AvgIpc) is 2.59. The maximum absolute atomic E-state index is 11.7.